The van der Waals surface area contributed by atoms with Gasteiger partial charge < -0.3 is 0 Å². The minimum absolute atomic E-state index is 0.876. The highest BCUT2D eigenvalue weighted by Crippen LogP contribution is 2.21. The number of hydrogen-bond acceptors (Lipinski definition) is 0. The molecule has 120 valence electrons. The van der Waals surface area contributed by atoms with Crippen molar-refractivity contribution < 1.29 is 0 Å². The minimum Gasteiger partial charge on any atom is -0.100 e. The topological polar surface area (TPSA) is 0 Å². The molecular weight excluding hydrogens is 240 g/mol. The Kier molecular flexibility index (Phi) is 12.3. The van der Waals surface area contributed by atoms with Gasteiger partial charge in [0, 0.05) is 0 Å². The van der Waals surface area contributed by atoms with E-state index in [0.29, 0.717) is 0 Å². The second kappa shape index (κ2) is 12.5. The molecule has 0 rings (SSSR count). The molecule has 0 heteroatoms. The van der Waals surface area contributed by atoms with Crippen molar-refractivity contribution in [3.8, 4) is 0 Å². The fraction of sp³-hybridized carbons (Fsp3) is 0.900. The summed E-state index contributed by atoms with van der Waals surface area (Å²) in [4.78, 5) is 0. The first-order chi connectivity index (χ1) is 9.41. The number of rotatable bonds is 13. The largest absolute Gasteiger partial charge is 0.100 e. The van der Waals surface area contributed by atoms with Crippen LogP contribution in [0, 0.1) is 17.8 Å². The normalized spacial score (nSPS) is 14.5. The van der Waals surface area contributed by atoms with Gasteiger partial charge in [-0.15, -0.1) is 6.58 Å². The Morgan fingerprint density at radius 1 is 0.700 bits per heavy atom. The van der Waals surface area contributed by atoms with E-state index in [4.69, 9.17) is 0 Å². The van der Waals surface area contributed by atoms with Crippen molar-refractivity contribution in [2.75, 3.05) is 0 Å². The molecule has 0 heterocycles. The molecule has 0 saturated carbocycles. The summed E-state index contributed by atoms with van der Waals surface area (Å²) in [6.07, 6.45) is 13.9. The zero-order valence-electron chi connectivity index (χ0n) is 15.0. The lowest BCUT2D eigenvalue weighted by Crippen LogP contribution is -2.00. The summed E-state index contributed by atoms with van der Waals surface area (Å²) in [5, 5.41) is 0. The van der Waals surface area contributed by atoms with E-state index in [2.05, 4.69) is 41.2 Å². The molecule has 0 aromatic rings. The molecule has 0 bridgehead atoms. The van der Waals surface area contributed by atoms with E-state index < -0.39 is 0 Å². The molecule has 0 aliphatic rings. The molecule has 0 aliphatic carbocycles. The molecule has 0 amide bonds. The first-order valence-electron chi connectivity index (χ1n) is 9.06. The summed E-state index contributed by atoms with van der Waals surface area (Å²) < 4.78 is 0. The smallest absolute Gasteiger partial charge is 0.0326 e. The van der Waals surface area contributed by atoms with Gasteiger partial charge in [0.2, 0.25) is 0 Å². The van der Waals surface area contributed by atoms with Crippen LogP contribution in [0.4, 0.5) is 0 Å². The van der Waals surface area contributed by atoms with Crippen LogP contribution in [0.1, 0.15) is 98.8 Å². The van der Waals surface area contributed by atoms with Crippen molar-refractivity contribution in [2.24, 2.45) is 17.8 Å². The maximum atomic E-state index is 3.98. The number of unbranched alkanes of at least 4 members (excludes halogenated alkanes) is 1. The first-order valence-corrected chi connectivity index (χ1v) is 9.06. The maximum Gasteiger partial charge on any atom is -0.0326 e. The van der Waals surface area contributed by atoms with E-state index in [1.165, 1.54) is 69.8 Å². The fourth-order valence-corrected chi connectivity index (χ4v) is 2.90. The molecule has 0 aliphatic heterocycles. The molecule has 20 heavy (non-hydrogen) atoms. The Bertz CT molecular complexity index is 226. The molecule has 2 atom stereocenters. The third-order valence-electron chi connectivity index (χ3n) is 4.42. The highest BCUT2D eigenvalue weighted by Gasteiger charge is 2.06. The van der Waals surface area contributed by atoms with Gasteiger partial charge >= 0.3 is 0 Å². The van der Waals surface area contributed by atoms with Gasteiger partial charge in [-0.1, -0.05) is 84.6 Å². The second-order valence-corrected chi connectivity index (χ2v) is 7.67. The van der Waals surface area contributed by atoms with Gasteiger partial charge in [0.25, 0.3) is 0 Å². The van der Waals surface area contributed by atoms with E-state index in [1.807, 2.05) is 0 Å². The van der Waals surface area contributed by atoms with Crippen molar-refractivity contribution in [2.45, 2.75) is 98.8 Å². The van der Waals surface area contributed by atoms with Crippen LogP contribution < -0.4 is 0 Å². The third-order valence-corrected chi connectivity index (χ3v) is 4.42. The summed E-state index contributed by atoms with van der Waals surface area (Å²) in [6, 6.07) is 0. The lowest BCUT2D eigenvalue weighted by Gasteiger charge is -2.15. The van der Waals surface area contributed by atoms with E-state index in [9.17, 15) is 0 Å². The van der Waals surface area contributed by atoms with Crippen LogP contribution in [-0.4, -0.2) is 0 Å². The SMILES string of the molecule is C=C(C)CCCCC(C)CCCC(C)CCCC(C)C. The molecular formula is C20H40. The van der Waals surface area contributed by atoms with Gasteiger partial charge in [-0.25, -0.2) is 0 Å². The molecule has 0 fully saturated rings. The highest BCUT2D eigenvalue weighted by atomic mass is 14.1. The van der Waals surface area contributed by atoms with Crippen molar-refractivity contribution in [3.05, 3.63) is 12.2 Å². The predicted molar refractivity (Wildman–Crippen MR) is 94.2 cm³/mol. The van der Waals surface area contributed by atoms with Crippen LogP contribution in [0.25, 0.3) is 0 Å². The lowest BCUT2D eigenvalue weighted by molar-refractivity contribution is 0.387. The minimum atomic E-state index is 0.876. The van der Waals surface area contributed by atoms with Crippen LogP contribution in [0.3, 0.4) is 0 Å². The summed E-state index contributed by atoms with van der Waals surface area (Å²) in [5.41, 5.74) is 1.34. The number of allylic oxidation sites excluding steroid dienone is 1. The second-order valence-electron chi connectivity index (χ2n) is 7.67. The van der Waals surface area contributed by atoms with Gasteiger partial charge in [-0.05, 0) is 37.5 Å². The van der Waals surface area contributed by atoms with Crippen molar-refractivity contribution in [1.29, 1.82) is 0 Å². The zero-order valence-corrected chi connectivity index (χ0v) is 15.0. The number of hydrogen-bond donors (Lipinski definition) is 0. The average molecular weight is 281 g/mol. The molecule has 0 spiro atoms. The van der Waals surface area contributed by atoms with Crippen LogP contribution >= 0.6 is 0 Å². The van der Waals surface area contributed by atoms with Crippen molar-refractivity contribution in [1.82, 2.24) is 0 Å². The monoisotopic (exact) mass is 280 g/mol. The summed E-state index contributed by atoms with van der Waals surface area (Å²) in [7, 11) is 0. The molecule has 2 unspecified atom stereocenters. The summed E-state index contributed by atoms with van der Waals surface area (Å²) in [6.45, 7) is 15.7. The summed E-state index contributed by atoms with van der Waals surface area (Å²) in [5.74, 6) is 2.73. The Morgan fingerprint density at radius 2 is 1.15 bits per heavy atom. The third kappa shape index (κ3) is 14.2. The average Bonchev–Trinajstić information content (AvgIpc) is 2.34. The first kappa shape index (κ1) is 19.7. The Morgan fingerprint density at radius 3 is 1.60 bits per heavy atom. The van der Waals surface area contributed by atoms with E-state index in [1.54, 1.807) is 0 Å². The van der Waals surface area contributed by atoms with E-state index >= 15 is 0 Å². The van der Waals surface area contributed by atoms with Gasteiger partial charge in [-0.3, -0.25) is 0 Å². The van der Waals surface area contributed by atoms with Gasteiger partial charge in [-0.2, -0.15) is 0 Å². The molecule has 0 radical (unpaired) electrons. The fourth-order valence-electron chi connectivity index (χ4n) is 2.90. The summed E-state index contributed by atoms with van der Waals surface area (Å²) >= 11 is 0. The standard InChI is InChI=1S/C20H40/c1-17(2)11-7-8-13-19(5)15-10-16-20(6)14-9-12-18(3)4/h18-20H,1,7-16H2,2-6H3. The molecule has 0 aromatic carbocycles. The Labute approximate surface area is 129 Å². The highest BCUT2D eigenvalue weighted by molar-refractivity contribution is 4.87. The van der Waals surface area contributed by atoms with Gasteiger partial charge in [0.05, 0.1) is 0 Å². The Hall–Kier alpha value is -0.260. The van der Waals surface area contributed by atoms with Gasteiger partial charge in [0.1, 0.15) is 0 Å². The van der Waals surface area contributed by atoms with Crippen molar-refractivity contribution >= 4 is 0 Å². The lowest BCUT2D eigenvalue weighted by atomic mass is 9.91. The van der Waals surface area contributed by atoms with Gasteiger partial charge in [0.15, 0.2) is 0 Å². The predicted octanol–water partition coefficient (Wildman–Crippen LogP) is 7.39. The van der Waals surface area contributed by atoms with E-state index in [-0.39, 0.29) is 0 Å². The van der Waals surface area contributed by atoms with Crippen LogP contribution in [0.5, 0.6) is 0 Å². The Balaban J connectivity index is 3.41. The molecule has 0 nitrogen and oxygen atoms in total. The maximum absolute atomic E-state index is 3.98. The molecule has 0 aromatic heterocycles. The quantitative estimate of drug-likeness (QED) is 0.244. The van der Waals surface area contributed by atoms with E-state index in [0.717, 1.165) is 17.8 Å². The van der Waals surface area contributed by atoms with Crippen molar-refractivity contribution in [3.63, 3.8) is 0 Å². The van der Waals surface area contributed by atoms with Crippen LogP contribution in [0.15, 0.2) is 12.2 Å². The van der Waals surface area contributed by atoms with Crippen LogP contribution in [-0.2, 0) is 0 Å². The molecule has 0 N–H and O–H groups in total. The molecule has 0 saturated heterocycles. The van der Waals surface area contributed by atoms with Crippen LogP contribution in [0.2, 0.25) is 0 Å². The zero-order chi connectivity index (χ0) is 15.4.